The van der Waals surface area contributed by atoms with Crippen molar-refractivity contribution in [3.63, 3.8) is 0 Å². The lowest BCUT2D eigenvalue weighted by Crippen LogP contribution is -2.56. The van der Waals surface area contributed by atoms with Crippen molar-refractivity contribution in [2.75, 3.05) is 6.61 Å². The summed E-state index contributed by atoms with van der Waals surface area (Å²) in [6.07, 6.45) is -3.35. The van der Waals surface area contributed by atoms with Crippen LogP contribution in [0.25, 0.3) is 0 Å². The Kier molecular flexibility index (Phi) is 6.95. The van der Waals surface area contributed by atoms with Gasteiger partial charge in [-0.25, -0.2) is 0 Å². The van der Waals surface area contributed by atoms with E-state index in [4.69, 9.17) is 18.9 Å². The maximum atomic E-state index is 11.5. The standard InChI is InChI=1S/C21H24O6/c1-15(22)27-20-19(25-13-17-10-6-3-7-11-17)18(14-26-21(20)23)24-12-16-8-4-2-5-9-16/h2-11,18-21,23H,12-14H2,1H3/t18-,19-,20-,21?/m1/s1. The van der Waals surface area contributed by atoms with Crippen LogP contribution >= 0.6 is 0 Å². The summed E-state index contributed by atoms with van der Waals surface area (Å²) in [6.45, 7) is 2.10. The maximum Gasteiger partial charge on any atom is 0.303 e. The Labute approximate surface area is 158 Å². The molecule has 2 aromatic carbocycles. The van der Waals surface area contributed by atoms with Crippen LogP contribution in [-0.4, -0.2) is 42.3 Å². The Morgan fingerprint density at radius 2 is 1.52 bits per heavy atom. The highest BCUT2D eigenvalue weighted by molar-refractivity contribution is 5.66. The van der Waals surface area contributed by atoms with Gasteiger partial charge in [0.1, 0.15) is 12.2 Å². The van der Waals surface area contributed by atoms with Crippen molar-refractivity contribution in [2.45, 2.75) is 44.7 Å². The highest BCUT2D eigenvalue weighted by Crippen LogP contribution is 2.24. The fourth-order valence-electron chi connectivity index (χ4n) is 2.96. The minimum atomic E-state index is -1.26. The van der Waals surface area contributed by atoms with E-state index in [2.05, 4.69) is 0 Å². The lowest BCUT2D eigenvalue weighted by Gasteiger charge is -2.39. The molecule has 3 rings (SSSR count). The molecule has 4 atom stereocenters. The summed E-state index contributed by atoms with van der Waals surface area (Å²) >= 11 is 0. The molecule has 1 heterocycles. The highest BCUT2D eigenvalue weighted by Gasteiger charge is 2.43. The third-order valence-electron chi connectivity index (χ3n) is 4.30. The third-order valence-corrected chi connectivity index (χ3v) is 4.30. The van der Waals surface area contributed by atoms with E-state index >= 15 is 0 Å². The van der Waals surface area contributed by atoms with E-state index in [1.165, 1.54) is 6.92 Å². The molecule has 0 amide bonds. The first-order valence-corrected chi connectivity index (χ1v) is 8.91. The van der Waals surface area contributed by atoms with Gasteiger partial charge in [0.25, 0.3) is 0 Å². The molecule has 144 valence electrons. The number of aliphatic hydroxyl groups is 1. The quantitative estimate of drug-likeness (QED) is 0.753. The molecular weight excluding hydrogens is 348 g/mol. The van der Waals surface area contributed by atoms with Crippen LogP contribution in [-0.2, 0) is 37.0 Å². The summed E-state index contributed by atoms with van der Waals surface area (Å²) in [7, 11) is 0. The van der Waals surface area contributed by atoms with E-state index in [9.17, 15) is 9.90 Å². The average Bonchev–Trinajstić information content (AvgIpc) is 2.69. The monoisotopic (exact) mass is 372 g/mol. The SMILES string of the molecule is CC(=O)O[C@H]1C(O)OC[C@@H](OCc2ccccc2)[C@H]1OCc1ccccc1. The van der Waals surface area contributed by atoms with Crippen molar-refractivity contribution in [1.29, 1.82) is 0 Å². The first-order chi connectivity index (χ1) is 13.1. The zero-order valence-electron chi connectivity index (χ0n) is 15.2. The Morgan fingerprint density at radius 3 is 2.07 bits per heavy atom. The van der Waals surface area contributed by atoms with Crippen LogP contribution in [0.2, 0.25) is 0 Å². The van der Waals surface area contributed by atoms with Crippen molar-refractivity contribution in [3.8, 4) is 0 Å². The third kappa shape index (κ3) is 5.61. The Bertz CT molecular complexity index is 705. The van der Waals surface area contributed by atoms with Crippen molar-refractivity contribution < 1.29 is 28.8 Å². The second kappa shape index (κ2) is 9.62. The molecule has 1 aliphatic heterocycles. The normalized spacial score (nSPS) is 25.1. The van der Waals surface area contributed by atoms with Gasteiger partial charge in [-0.2, -0.15) is 0 Å². The largest absolute Gasteiger partial charge is 0.454 e. The number of hydrogen-bond acceptors (Lipinski definition) is 6. The van der Waals surface area contributed by atoms with Crippen LogP contribution in [0.4, 0.5) is 0 Å². The average molecular weight is 372 g/mol. The summed E-state index contributed by atoms with van der Waals surface area (Å²) in [6, 6.07) is 19.4. The van der Waals surface area contributed by atoms with Crippen LogP contribution in [0, 0.1) is 0 Å². The number of carbonyl (C=O) groups excluding carboxylic acids is 1. The molecular formula is C21H24O6. The first-order valence-electron chi connectivity index (χ1n) is 8.91. The van der Waals surface area contributed by atoms with Gasteiger partial charge >= 0.3 is 5.97 Å². The molecule has 1 saturated heterocycles. The number of esters is 1. The number of hydrogen-bond donors (Lipinski definition) is 1. The van der Waals surface area contributed by atoms with Crippen LogP contribution in [0.1, 0.15) is 18.1 Å². The smallest absolute Gasteiger partial charge is 0.303 e. The molecule has 0 radical (unpaired) electrons. The summed E-state index contributed by atoms with van der Waals surface area (Å²) in [4.78, 5) is 11.5. The van der Waals surface area contributed by atoms with Crippen molar-refractivity contribution >= 4 is 5.97 Å². The van der Waals surface area contributed by atoms with Gasteiger partial charge in [0.2, 0.25) is 0 Å². The van der Waals surface area contributed by atoms with Gasteiger partial charge in [0, 0.05) is 6.92 Å². The highest BCUT2D eigenvalue weighted by atomic mass is 16.7. The van der Waals surface area contributed by atoms with Gasteiger partial charge in [-0.3, -0.25) is 4.79 Å². The van der Waals surface area contributed by atoms with Gasteiger partial charge in [-0.1, -0.05) is 60.7 Å². The lowest BCUT2D eigenvalue weighted by molar-refractivity contribution is -0.278. The Balaban J connectivity index is 1.70. The molecule has 6 heteroatoms. The number of carbonyl (C=O) groups is 1. The van der Waals surface area contributed by atoms with Crippen molar-refractivity contribution in [2.24, 2.45) is 0 Å². The van der Waals surface area contributed by atoms with E-state index in [0.29, 0.717) is 13.2 Å². The summed E-state index contributed by atoms with van der Waals surface area (Å²) in [5, 5.41) is 10.2. The van der Waals surface area contributed by atoms with Gasteiger partial charge in [0.15, 0.2) is 12.4 Å². The minimum Gasteiger partial charge on any atom is -0.454 e. The molecule has 1 unspecified atom stereocenters. The van der Waals surface area contributed by atoms with Crippen LogP contribution < -0.4 is 0 Å². The van der Waals surface area contributed by atoms with Gasteiger partial charge < -0.3 is 24.1 Å². The maximum absolute atomic E-state index is 11.5. The fourth-order valence-corrected chi connectivity index (χ4v) is 2.96. The van der Waals surface area contributed by atoms with E-state index in [-0.39, 0.29) is 6.61 Å². The molecule has 27 heavy (non-hydrogen) atoms. The molecule has 0 aliphatic carbocycles. The Hall–Kier alpha value is -2.25. The van der Waals surface area contributed by atoms with E-state index in [1.807, 2.05) is 60.7 Å². The molecule has 2 aromatic rings. The molecule has 0 aromatic heterocycles. The van der Waals surface area contributed by atoms with Crippen molar-refractivity contribution in [3.05, 3.63) is 71.8 Å². The van der Waals surface area contributed by atoms with Crippen molar-refractivity contribution in [1.82, 2.24) is 0 Å². The second-order valence-electron chi connectivity index (χ2n) is 6.39. The summed E-state index contributed by atoms with van der Waals surface area (Å²) < 4.78 is 22.6. The first kappa shape index (κ1) is 19.5. The zero-order valence-corrected chi connectivity index (χ0v) is 15.2. The zero-order chi connectivity index (χ0) is 19.1. The molecule has 0 saturated carbocycles. The predicted octanol–water partition coefficient (Wildman–Crippen LogP) is 2.44. The Morgan fingerprint density at radius 1 is 0.963 bits per heavy atom. The molecule has 0 bridgehead atoms. The number of benzene rings is 2. The van der Waals surface area contributed by atoms with E-state index < -0.39 is 30.6 Å². The van der Waals surface area contributed by atoms with Crippen LogP contribution in [0.15, 0.2) is 60.7 Å². The summed E-state index contributed by atoms with van der Waals surface area (Å²) in [5.41, 5.74) is 1.98. The molecule has 0 spiro atoms. The van der Waals surface area contributed by atoms with E-state index in [0.717, 1.165) is 11.1 Å². The topological polar surface area (TPSA) is 74.2 Å². The van der Waals surface area contributed by atoms with Crippen LogP contribution in [0.3, 0.4) is 0 Å². The van der Waals surface area contributed by atoms with Gasteiger partial charge in [-0.15, -0.1) is 0 Å². The van der Waals surface area contributed by atoms with Gasteiger partial charge in [-0.05, 0) is 11.1 Å². The minimum absolute atomic E-state index is 0.144. The van der Waals surface area contributed by atoms with Crippen LogP contribution in [0.5, 0.6) is 0 Å². The molecule has 6 nitrogen and oxygen atoms in total. The molecule has 1 fully saturated rings. The summed E-state index contributed by atoms with van der Waals surface area (Å²) in [5.74, 6) is -0.514. The molecule has 1 aliphatic rings. The lowest BCUT2D eigenvalue weighted by atomic mass is 10.0. The van der Waals surface area contributed by atoms with E-state index in [1.54, 1.807) is 0 Å². The number of aliphatic hydroxyl groups excluding tert-OH is 1. The van der Waals surface area contributed by atoms with Gasteiger partial charge in [0.05, 0.1) is 19.8 Å². The molecule has 1 N–H and O–H groups in total. The number of rotatable bonds is 7. The predicted molar refractivity (Wildman–Crippen MR) is 97.6 cm³/mol. The second-order valence-corrected chi connectivity index (χ2v) is 6.39. The number of ether oxygens (including phenoxy) is 4. The fraction of sp³-hybridized carbons (Fsp3) is 0.381.